The third-order valence-corrected chi connectivity index (χ3v) is 6.30. The van der Waals surface area contributed by atoms with E-state index in [0.29, 0.717) is 25.6 Å². The number of hydrogen-bond donors (Lipinski definition) is 2. The topological polar surface area (TPSA) is 73.8 Å². The summed E-state index contributed by atoms with van der Waals surface area (Å²) >= 11 is 1.69. The van der Waals surface area contributed by atoms with Crippen LogP contribution in [0.4, 0.5) is 0 Å². The van der Waals surface area contributed by atoms with E-state index in [2.05, 4.69) is 33.8 Å². The maximum atomic E-state index is 12.6. The van der Waals surface area contributed by atoms with Crippen molar-refractivity contribution in [2.75, 3.05) is 20.1 Å². The fraction of sp³-hybridized carbons (Fsp3) is 0.500. The highest BCUT2D eigenvalue weighted by Crippen LogP contribution is 2.52. The number of carbonyl (C=O) groups is 2. The van der Waals surface area contributed by atoms with Gasteiger partial charge in [0.05, 0.1) is 18.4 Å². The molecule has 4 atom stereocenters. The number of amides is 2. The zero-order valence-electron chi connectivity index (χ0n) is 14.6. The molecule has 8 heteroatoms. The average Bonchev–Trinajstić information content (AvgIpc) is 3.38. The Morgan fingerprint density at radius 3 is 2.50 bits per heavy atom. The van der Waals surface area contributed by atoms with E-state index in [0.717, 1.165) is 6.42 Å². The maximum Gasteiger partial charge on any atom is 0.233 e. The summed E-state index contributed by atoms with van der Waals surface area (Å²) in [6, 6.07) is 4.08. The summed E-state index contributed by atoms with van der Waals surface area (Å²) in [5.41, 5.74) is 0. The summed E-state index contributed by atoms with van der Waals surface area (Å²) < 4.78 is 0. The highest BCUT2D eigenvalue weighted by molar-refractivity contribution is 14.0. The number of halogens is 1. The fourth-order valence-corrected chi connectivity index (χ4v) is 4.92. The monoisotopic (exact) mass is 486 g/mol. The van der Waals surface area contributed by atoms with Crippen molar-refractivity contribution in [3.63, 3.8) is 0 Å². The Bertz CT molecular complexity index is 704. The second-order valence-electron chi connectivity index (χ2n) is 6.76. The van der Waals surface area contributed by atoms with Gasteiger partial charge < -0.3 is 10.6 Å². The number of guanidine groups is 1. The number of carbonyl (C=O) groups excluding carboxylic acids is 2. The van der Waals surface area contributed by atoms with Crippen LogP contribution in [0.25, 0.3) is 0 Å². The summed E-state index contributed by atoms with van der Waals surface area (Å²) in [4.78, 5) is 32.1. The molecule has 4 unspecified atom stereocenters. The van der Waals surface area contributed by atoms with Crippen molar-refractivity contribution in [2.45, 2.75) is 13.0 Å². The molecule has 6 nitrogen and oxygen atoms in total. The third-order valence-electron chi connectivity index (χ3n) is 5.42. The highest BCUT2D eigenvalue weighted by Gasteiger charge is 2.58. The van der Waals surface area contributed by atoms with Gasteiger partial charge in [0, 0.05) is 25.0 Å². The van der Waals surface area contributed by atoms with E-state index in [9.17, 15) is 9.59 Å². The SMILES string of the molecule is CN=C(NCCN1C(=O)C2C3C=CC(C3)C2C1=O)NCc1cccs1.I. The molecule has 0 radical (unpaired) electrons. The van der Waals surface area contributed by atoms with Crippen molar-refractivity contribution >= 4 is 53.1 Å². The molecule has 2 heterocycles. The molecule has 26 heavy (non-hydrogen) atoms. The van der Waals surface area contributed by atoms with Crippen LogP contribution >= 0.6 is 35.3 Å². The standard InChI is InChI=1S/C18H22N4O2S.HI/c1-19-18(21-10-13-3-2-8-25-13)20-6-7-22-16(23)14-11-4-5-12(9-11)15(14)17(22)24;/h2-5,8,11-12,14-15H,6-7,9-10H2,1H3,(H2,19,20,21);1H. The van der Waals surface area contributed by atoms with Crippen LogP contribution in [0.5, 0.6) is 0 Å². The lowest BCUT2D eigenvalue weighted by atomic mass is 9.85. The lowest BCUT2D eigenvalue weighted by molar-refractivity contribution is -0.140. The fourth-order valence-electron chi connectivity index (χ4n) is 4.28. The van der Waals surface area contributed by atoms with Crippen molar-refractivity contribution in [2.24, 2.45) is 28.7 Å². The van der Waals surface area contributed by atoms with Crippen molar-refractivity contribution in [1.82, 2.24) is 15.5 Å². The van der Waals surface area contributed by atoms with Gasteiger partial charge in [-0.3, -0.25) is 19.5 Å². The number of fused-ring (bicyclic) bond motifs is 5. The quantitative estimate of drug-likeness (QED) is 0.219. The Balaban J connectivity index is 0.00000196. The van der Waals surface area contributed by atoms with Crippen molar-refractivity contribution < 1.29 is 9.59 Å². The van der Waals surface area contributed by atoms with E-state index in [1.54, 1.807) is 18.4 Å². The normalized spacial score (nSPS) is 29.1. The Morgan fingerprint density at radius 1 is 1.23 bits per heavy atom. The van der Waals surface area contributed by atoms with Gasteiger partial charge in [-0.2, -0.15) is 0 Å². The summed E-state index contributed by atoms with van der Waals surface area (Å²) in [5.74, 6) is 1.01. The summed E-state index contributed by atoms with van der Waals surface area (Å²) in [6.07, 6.45) is 5.21. The van der Waals surface area contributed by atoms with Gasteiger partial charge >= 0.3 is 0 Å². The number of imide groups is 1. The smallest absolute Gasteiger partial charge is 0.233 e. The molecule has 3 aliphatic rings. The molecule has 2 N–H and O–H groups in total. The van der Waals surface area contributed by atoms with Gasteiger partial charge in [0.2, 0.25) is 11.8 Å². The van der Waals surface area contributed by atoms with Crippen LogP contribution in [0, 0.1) is 23.7 Å². The van der Waals surface area contributed by atoms with E-state index in [1.165, 1.54) is 9.78 Å². The van der Waals surface area contributed by atoms with Gasteiger partial charge in [-0.25, -0.2) is 0 Å². The predicted molar refractivity (Wildman–Crippen MR) is 112 cm³/mol. The van der Waals surface area contributed by atoms with E-state index in [1.807, 2.05) is 11.4 Å². The first kappa shape index (κ1) is 19.3. The molecule has 1 saturated heterocycles. The van der Waals surface area contributed by atoms with Crippen LogP contribution in [-0.2, 0) is 16.1 Å². The minimum Gasteiger partial charge on any atom is -0.355 e. The lowest BCUT2D eigenvalue weighted by Crippen LogP contribution is -2.43. The Morgan fingerprint density at radius 2 is 1.92 bits per heavy atom. The van der Waals surface area contributed by atoms with Gasteiger partial charge in [-0.15, -0.1) is 35.3 Å². The molecule has 140 valence electrons. The first-order chi connectivity index (χ1) is 12.2. The molecule has 1 saturated carbocycles. The van der Waals surface area contributed by atoms with Gasteiger partial charge in [0.25, 0.3) is 0 Å². The number of nitrogens with zero attached hydrogens (tertiary/aromatic N) is 2. The van der Waals surface area contributed by atoms with E-state index < -0.39 is 0 Å². The highest BCUT2D eigenvalue weighted by atomic mass is 127. The number of nitrogens with one attached hydrogen (secondary N) is 2. The first-order valence-corrected chi connectivity index (χ1v) is 9.57. The molecule has 4 rings (SSSR count). The number of allylic oxidation sites excluding steroid dienone is 2. The zero-order valence-corrected chi connectivity index (χ0v) is 17.7. The second-order valence-corrected chi connectivity index (χ2v) is 7.79. The van der Waals surface area contributed by atoms with Crippen LogP contribution in [-0.4, -0.2) is 42.8 Å². The Hall–Kier alpha value is -1.42. The molecule has 1 aliphatic heterocycles. The summed E-state index contributed by atoms with van der Waals surface area (Å²) in [6.45, 7) is 1.60. The summed E-state index contributed by atoms with van der Waals surface area (Å²) in [7, 11) is 1.71. The molecular formula is C18H23IN4O2S. The number of likely N-dealkylation sites (tertiary alicyclic amines) is 1. The minimum absolute atomic E-state index is 0. The summed E-state index contributed by atoms with van der Waals surface area (Å²) in [5, 5.41) is 8.46. The molecular weight excluding hydrogens is 463 g/mol. The third kappa shape index (κ3) is 3.40. The molecule has 2 bridgehead atoms. The molecule has 1 aromatic rings. The molecule has 0 aromatic carbocycles. The second kappa shape index (κ2) is 8.08. The van der Waals surface area contributed by atoms with Gasteiger partial charge in [-0.05, 0) is 29.7 Å². The van der Waals surface area contributed by atoms with Crippen LogP contribution in [0.15, 0.2) is 34.7 Å². The van der Waals surface area contributed by atoms with Gasteiger partial charge in [0.1, 0.15) is 0 Å². The Kier molecular flexibility index (Phi) is 6.01. The molecule has 2 aliphatic carbocycles. The van der Waals surface area contributed by atoms with Gasteiger partial charge in [0.15, 0.2) is 5.96 Å². The molecule has 0 spiro atoms. The van der Waals surface area contributed by atoms with E-state index >= 15 is 0 Å². The van der Waals surface area contributed by atoms with E-state index in [-0.39, 0.29) is 59.5 Å². The van der Waals surface area contributed by atoms with Crippen LogP contribution < -0.4 is 10.6 Å². The number of thiophene rings is 1. The predicted octanol–water partition coefficient (Wildman–Crippen LogP) is 1.84. The maximum absolute atomic E-state index is 12.6. The van der Waals surface area contributed by atoms with Gasteiger partial charge in [-0.1, -0.05) is 18.2 Å². The number of aliphatic imine (C=N–C) groups is 1. The van der Waals surface area contributed by atoms with Crippen LogP contribution in [0.1, 0.15) is 11.3 Å². The largest absolute Gasteiger partial charge is 0.355 e. The zero-order chi connectivity index (χ0) is 17.4. The van der Waals surface area contributed by atoms with E-state index in [4.69, 9.17) is 0 Å². The lowest BCUT2D eigenvalue weighted by Gasteiger charge is -2.18. The molecule has 2 amide bonds. The van der Waals surface area contributed by atoms with Crippen LogP contribution in [0.3, 0.4) is 0 Å². The first-order valence-electron chi connectivity index (χ1n) is 8.69. The average molecular weight is 486 g/mol. The van der Waals surface area contributed by atoms with Crippen molar-refractivity contribution in [3.05, 3.63) is 34.5 Å². The van der Waals surface area contributed by atoms with Crippen LogP contribution in [0.2, 0.25) is 0 Å². The molecule has 1 aromatic heterocycles. The number of hydrogen-bond acceptors (Lipinski definition) is 4. The molecule has 2 fully saturated rings. The minimum atomic E-state index is -0.112. The number of rotatable bonds is 5. The van der Waals surface area contributed by atoms with Crippen molar-refractivity contribution in [3.8, 4) is 0 Å². The Labute approximate surface area is 174 Å². The van der Waals surface area contributed by atoms with Crippen molar-refractivity contribution in [1.29, 1.82) is 0 Å².